The van der Waals surface area contributed by atoms with Gasteiger partial charge in [0.25, 0.3) is 11.8 Å². The highest BCUT2D eigenvalue weighted by atomic mass is 35.5. The highest BCUT2D eigenvalue weighted by Crippen LogP contribution is 2.26. The fourth-order valence-corrected chi connectivity index (χ4v) is 2.91. The van der Waals surface area contributed by atoms with Crippen LogP contribution in [0.4, 0.5) is 5.69 Å². The Morgan fingerprint density at radius 3 is 2.92 bits per heavy atom. The van der Waals surface area contributed by atoms with E-state index in [4.69, 9.17) is 16.3 Å². The minimum atomic E-state index is -0.796. The number of fused-ring (bicyclic) bond motifs is 2. The minimum absolute atomic E-state index is 0.0562. The summed E-state index contributed by atoms with van der Waals surface area (Å²) in [6, 6.07) is 13.3. The molecule has 1 atom stereocenters. The summed E-state index contributed by atoms with van der Waals surface area (Å²) in [6.07, 6.45) is 0. The van der Waals surface area contributed by atoms with Crippen molar-refractivity contribution in [2.24, 2.45) is 0 Å². The molecule has 1 aliphatic heterocycles. The first-order valence-corrected chi connectivity index (χ1v) is 8.10. The Hall–Kier alpha value is -2.99. The molecule has 0 unspecified atom stereocenters. The minimum Gasteiger partial charge on any atom is -0.489 e. The molecule has 2 heterocycles. The first kappa shape index (κ1) is 15.5. The lowest BCUT2D eigenvalue weighted by Gasteiger charge is -2.14. The first-order valence-electron chi connectivity index (χ1n) is 7.72. The molecular formula is C18H14ClN3O3. The molecule has 25 heavy (non-hydrogen) atoms. The van der Waals surface area contributed by atoms with Gasteiger partial charge in [0.15, 0.2) is 0 Å². The van der Waals surface area contributed by atoms with Gasteiger partial charge in [-0.2, -0.15) is 0 Å². The van der Waals surface area contributed by atoms with Gasteiger partial charge >= 0.3 is 0 Å². The third-order valence-corrected chi connectivity index (χ3v) is 4.23. The summed E-state index contributed by atoms with van der Waals surface area (Å²) in [5.74, 6) is -0.132. The zero-order chi connectivity index (χ0) is 17.4. The lowest BCUT2D eigenvalue weighted by molar-refractivity contribution is -0.118. The van der Waals surface area contributed by atoms with Crippen LogP contribution in [0, 0.1) is 0 Å². The van der Waals surface area contributed by atoms with Crippen molar-refractivity contribution >= 4 is 40.0 Å². The number of halogens is 1. The Morgan fingerprint density at radius 2 is 2.04 bits per heavy atom. The number of carbonyl (C=O) groups is 2. The zero-order valence-electron chi connectivity index (χ0n) is 13.0. The SMILES string of the molecule is O=C(N[C@H]1COc2ccccc2NC1=O)c1cc2cc(Cl)ccc2[nH]1. The monoisotopic (exact) mass is 355 g/mol. The number of benzene rings is 2. The van der Waals surface area contributed by atoms with Gasteiger partial charge in [-0.3, -0.25) is 9.59 Å². The summed E-state index contributed by atoms with van der Waals surface area (Å²) < 4.78 is 5.62. The molecule has 0 radical (unpaired) electrons. The van der Waals surface area contributed by atoms with E-state index in [1.54, 1.807) is 42.5 Å². The highest BCUT2D eigenvalue weighted by Gasteiger charge is 2.26. The van der Waals surface area contributed by atoms with Crippen LogP contribution < -0.4 is 15.4 Å². The Balaban J connectivity index is 1.53. The van der Waals surface area contributed by atoms with E-state index in [1.807, 2.05) is 6.07 Å². The number of para-hydroxylation sites is 2. The van der Waals surface area contributed by atoms with Gasteiger partial charge in [-0.05, 0) is 36.4 Å². The van der Waals surface area contributed by atoms with Gasteiger partial charge in [0.05, 0.1) is 5.69 Å². The number of ether oxygens (including phenoxy) is 1. The van der Waals surface area contributed by atoms with Gasteiger partial charge in [0, 0.05) is 15.9 Å². The van der Waals surface area contributed by atoms with Crippen LogP contribution in [-0.4, -0.2) is 29.4 Å². The smallest absolute Gasteiger partial charge is 0.268 e. The predicted molar refractivity (Wildman–Crippen MR) is 95.1 cm³/mol. The molecule has 2 aromatic carbocycles. The van der Waals surface area contributed by atoms with E-state index in [0.29, 0.717) is 22.2 Å². The van der Waals surface area contributed by atoms with Crippen molar-refractivity contribution in [3.05, 3.63) is 59.2 Å². The molecule has 1 aliphatic rings. The molecule has 6 nitrogen and oxygen atoms in total. The van der Waals surface area contributed by atoms with Crippen LogP contribution in [0.5, 0.6) is 5.75 Å². The van der Waals surface area contributed by atoms with E-state index in [2.05, 4.69) is 15.6 Å². The van der Waals surface area contributed by atoms with E-state index >= 15 is 0 Å². The van der Waals surface area contributed by atoms with Crippen molar-refractivity contribution in [2.75, 3.05) is 11.9 Å². The van der Waals surface area contributed by atoms with Crippen LogP contribution in [0.2, 0.25) is 5.02 Å². The zero-order valence-corrected chi connectivity index (χ0v) is 13.8. The number of hydrogen-bond acceptors (Lipinski definition) is 3. The number of carbonyl (C=O) groups excluding carboxylic acids is 2. The van der Waals surface area contributed by atoms with Crippen LogP contribution >= 0.6 is 11.6 Å². The number of aromatic nitrogens is 1. The van der Waals surface area contributed by atoms with Gasteiger partial charge in [-0.1, -0.05) is 23.7 Å². The van der Waals surface area contributed by atoms with Gasteiger partial charge in [-0.15, -0.1) is 0 Å². The topological polar surface area (TPSA) is 83.2 Å². The molecule has 126 valence electrons. The molecule has 0 spiro atoms. The Morgan fingerprint density at radius 1 is 1.20 bits per heavy atom. The van der Waals surface area contributed by atoms with Crippen molar-refractivity contribution in [3.63, 3.8) is 0 Å². The lowest BCUT2D eigenvalue weighted by Crippen LogP contribution is -2.46. The van der Waals surface area contributed by atoms with Crippen molar-refractivity contribution in [1.29, 1.82) is 0 Å². The Labute approximate surface area is 148 Å². The molecule has 7 heteroatoms. The summed E-state index contributed by atoms with van der Waals surface area (Å²) in [7, 11) is 0. The molecule has 3 N–H and O–H groups in total. The number of hydrogen-bond donors (Lipinski definition) is 3. The summed E-state index contributed by atoms with van der Waals surface area (Å²) in [5, 5.41) is 6.87. The molecular weight excluding hydrogens is 342 g/mol. The Kier molecular flexibility index (Phi) is 3.82. The number of aromatic amines is 1. The molecule has 0 bridgehead atoms. The molecule has 0 saturated carbocycles. The number of rotatable bonds is 2. The van der Waals surface area contributed by atoms with Crippen LogP contribution in [0.1, 0.15) is 10.5 Å². The van der Waals surface area contributed by atoms with Crippen molar-refractivity contribution in [3.8, 4) is 5.75 Å². The molecule has 0 aliphatic carbocycles. The third-order valence-electron chi connectivity index (χ3n) is 4.00. The second-order valence-electron chi connectivity index (χ2n) is 5.74. The van der Waals surface area contributed by atoms with Gasteiger partial charge < -0.3 is 20.4 Å². The van der Waals surface area contributed by atoms with Crippen molar-refractivity contribution < 1.29 is 14.3 Å². The fraction of sp³-hybridized carbons (Fsp3) is 0.111. The number of nitrogens with one attached hydrogen (secondary N) is 3. The van der Waals surface area contributed by atoms with E-state index in [0.717, 1.165) is 10.9 Å². The lowest BCUT2D eigenvalue weighted by atomic mass is 10.2. The summed E-state index contributed by atoms with van der Waals surface area (Å²) in [5.41, 5.74) is 1.74. The number of amides is 2. The normalized spacial score (nSPS) is 16.5. The summed E-state index contributed by atoms with van der Waals surface area (Å²) in [6.45, 7) is 0.0562. The standard InChI is InChI=1S/C18H14ClN3O3/c19-11-5-6-12-10(7-11)8-14(20-12)17(23)22-15-9-25-16-4-2-1-3-13(16)21-18(15)24/h1-8,15,20H,9H2,(H,21,24)(H,22,23)/t15-/m0/s1. The van der Waals surface area contributed by atoms with Crippen LogP contribution in [0.3, 0.4) is 0 Å². The second kappa shape index (κ2) is 6.14. The maximum Gasteiger partial charge on any atom is 0.268 e. The molecule has 0 saturated heterocycles. The average Bonchev–Trinajstić information content (AvgIpc) is 2.95. The fourth-order valence-electron chi connectivity index (χ4n) is 2.73. The average molecular weight is 356 g/mol. The second-order valence-corrected chi connectivity index (χ2v) is 6.17. The molecule has 0 fully saturated rings. The molecule has 1 aromatic heterocycles. The Bertz CT molecular complexity index is 983. The quantitative estimate of drug-likeness (QED) is 0.661. The van der Waals surface area contributed by atoms with Crippen molar-refractivity contribution in [2.45, 2.75) is 6.04 Å². The molecule has 3 aromatic rings. The maximum absolute atomic E-state index is 12.5. The molecule has 4 rings (SSSR count). The van der Waals surface area contributed by atoms with Gasteiger partial charge in [-0.25, -0.2) is 0 Å². The number of H-pyrrole nitrogens is 1. The van der Waals surface area contributed by atoms with E-state index < -0.39 is 6.04 Å². The summed E-state index contributed by atoms with van der Waals surface area (Å²) in [4.78, 5) is 27.8. The predicted octanol–water partition coefficient (Wildman–Crippen LogP) is 2.95. The van der Waals surface area contributed by atoms with E-state index in [1.165, 1.54) is 0 Å². The van der Waals surface area contributed by atoms with Gasteiger partial charge in [0.2, 0.25) is 0 Å². The highest BCUT2D eigenvalue weighted by molar-refractivity contribution is 6.31. The first-order chi connectivity index (χ1) is 12.1. The number of anilines is 1. The van der Waals surface area contributed by atoms with E-state index in [9.17, 15) is 9.59 Å². The molecule has 2 amide bonds. The summed E-state index contributed by atoms with van der Waals surface area (Å²) >= 11 is 5.96. The van der Waals surface area contributed by atoms with Gasteiger partial charge in [0.1, 0.15) is 24.1 Å². The largest absolute Gasteiger partial charge is 0.489 e. The van der Waals surface area contributed by atoms with Crippen LogP contribution in [0.25, 0.3) is 10.9 Å². The van der Waals surface area contributed by atoms with E-state index in [-0.39, 0.29) is 18.4 Å². The third kappa shape index (κ3) is 3.04. The van der Waals surface area contributed by atoms with Crippen LogP contribution in [0.15, 0.2) is 48.5 Å². The van der Waals surface area contributed by atoms with Crippen molar-refractivity contribution in [1.82, 2.24) is 10.3 Å². The van der Waals surface area contributed by atoms with Crippen LogP contribution in [-0.2, 0) is 4.79 Å². The maximum atomic E-state index is 12.5.